The van der Waals surface area contributed by atoms with Crippen LogP contribution in [0.15, 0.2) is 16.8 Å². The largest absolute Gasteiger partial charge is 0.360 e. The van der Waals surface area contributed by atoms with E-state index in [-0.39, 0.29) is 18.5 Å². The first-order valence-electron chi connectivity index (χ1n) is 7.00. The van der Waals surface area contributed by atoms with Gasteiger partial charge in [0.2, 0.25) is 5.91 Å². The van der Waals surface area contributed by atoms with Crippen molar-refractivity contribution in [1.29, 1.82) is 0 Å². The molecule has 21 heavy (non-hydrogen) atoms. The molecule has 112 valence electrons. The van der Waals surface area contributed by atoms with Crippen LogP contribution in [0.3, 0.4) is 0 Å². The first-order valence-corrected chi connectivity index (χ1v) is 7.82. The Hall–Kier alpha value is -1.73. The Kier molecular flexibility index (Phi) is 4.03. The van der Waals surface area contributed by atoms with Crippen molar-refractivity contribution in [3.63, 3.8) is 0 Å². The molecule has 0 aromatic carbocycles. The fourth-order valence-electron chi connectivity index (χ4n) is 2.22. The highest BCUT2D eigenvalue weighted by Crippen LogP contribution is 2.41. The summed E-state index contributed by atoms with van der Waals surface area (Å²) in [6, 6.07) is 1.87. The lowest BCUT2D eigenvalue weighted by Crippen LogP contribution is -2.32. The van der Waals surface area contributed by atoms with Gasteiger partial charge in [-0.25, -0.2) is 4.98 Å². The topological polar surface area (TPSA) is 80.0 Å². The highest BCUT2D eigenvalue weighted by molar-refractivity contribution is 7.11. The van der Waals surface area contributed by atoms with E-state index in [4.69, 9.17) is 4.52 Å². The van der Waals surface area contributed by atoms with Crippen molar-refractivity contribution in [2.75, 3.05) is 11.9 Å². The van der Waals surface area contributed by atoms with E-state index >= 15 is 0 Å². The zero-order chi connectivity index (χ0) is 14.8. The van der Waals surface area contributed by atoms with Crippen LogP contribution >= 0.6 is 11.3 Å². The van der Waals surface area contributed by atoms with Gasteiger partial charge in [-0.15, -0.1) is 11.3 Å². The number of hydrogen-bond acceptors (Lipinski definition) is 6. The molecule has 1 aliphatic carbocycles. The number of thiazole rings is 1. The number of aryl methyl sites for hydroxylation is 2. The molecule has 0 saturated heterocycles. The predicted molar refractivity (Wildman–Crippen MR) is 80.2 cm³/mol. The monoisotopic (exact) mass is 306 g/mol. The molecule has 1 aliphatic rings. The number of nitrogens with zero attached hydrogens (tertiary/aromatic N) is 2. The van der Waals surface area contributed by atoms with Crippen molar-refractivity contribution in [1.82, 2.24) is 15.5 Å². The van der Waals surface area contributed by atoms with Crippen LogP contribution < -0.4 is 10.6 Å². The van der Waals surface area contributed by atoms with Crippen LogP contribution in [0.2, 0.25) is 0 Å². The lowest BCUT2D eigenvalue weighted by molar-refractivity contribution is -0.115. The molecule has 7 heteroatoms. The van der Waals surface area contributed by atoms with Crippen molar-refractivity contribution >= 4 is 23.1 Å². The highest BCUT2D eigenvalue weighted by atomic mass is 32.1. The number of carbonyl (C=O) groups is 1. The molecule has 0 aliphatic heterocycles. The fourth-order valence-corrected chi connectivity index (χ4v) is 3.16. The van der Waals surface area contributed by atoms with Crippen LogP contribution in [0.25, 0.3) is 0 Å². The smallest absolute Gasteiger partial charge is 0.239 e. The molecule has 1 fully saturated rings. The number of nitrogens with one attached hydrogen (secondary N) is 2. The number of amides is 1. The maximum atomic E-state index is 11.9. The van der Waals surface area contributed by atoms with Gasteiger partial charge in [0.15, 0.2) is 5.82 Å². The SMILES string of the molecule is Cc1cc(NC(=O)CN[C@@H](c2ncc(C)s2)C2CC2)no1. The Morgan fingerprint density at radius 2 is 2.33 bits per heavy atom. The Balaban J connectivity index is 1.56. The molecule has 1 amide bonds. The summed E-state index contributed by atoms with van der Waals surface area (Å²) in [6.45, 7) is 4.07. The number of anilines is 1. The molecule has 0 spiro atoms. The maximum absolute atomic E-state index is 11.9. The summed E-state index contributed by atoms with van der Waals surface area (Å²) < 4.78 is 4.92. The molecule has 2 N–H and O–H groups in total. The molecule has 2 aromatic rings. The molecule has 1 saturated carbocycles. The number of rotatable bonds is 6. The summed E-state index contributed by atoms with van der Waals surface area (Å²) in [7, 11) is 0. The van der Waals surface area contributed by atoms with Crippen LogP contribution in [0.4, 0.5) is 5.82 Å². The van der Waals surface area contributed by atoms with Gasteiger partial charge in [0, 0.05) is 17.1 Å². The van der Waals surface area contributed by atoms with Crippen LogP contribution in [-0.4, -0.2) is 22.6 Å². The van der Waals surface area contributed by atoms with Crippen molar-refractivity contribution in [3.05, 3.63) is 27.9 Å². The van der Waals surface area contributed by atoms with Crippen molar-refractivity contribution in [2.24, 2.45) is 5.92 Å². The van der Waals surface area contributed by atoms with Crippen molar-refractivity contribution in [3.8, 4) is 0 Å². The molecule has 0 unspecified atom stereocenters. The molecule has 1 atom stereocenters. The van der Waals surface area contributed by atoms with E-state index < -0.39 is 0 Å². The van der Waals surface area contributed by atoms with Crippen molar-refractivity contribution in [2.45, 2.75) is 32.7 Å². The number of aromatic nitrogens is 2. The third-order valence-corrected chi connectivity index (χ3v) is 4.37. The first-order chi connectivity index (χ1) is 10.1. The maximum Gasteiger partial charge on any atom is 0.239 e. The lowest BCUT2D eigenvalue weighted by atomic mass is 10.2. The van der Waals surface area contributed by atoms with Crippen molar-refractivity contribution < 1.29 is 9.32 Å². The average molecular weight is 306 g/mol. The molecule has 2 aromatic heterocycles. The van der Waals surface area contributed by atoms with Gasteiger partial charge >= 0.3 is 0 Å². The zero-order valence-corrected chi connectivity index (χ0v) is 12.9. The molecule has 0 bridgehead atoms. The van der Waals surface area contributed by atoms with Gasteiger partial charge in [-0.2, -0.15) is 0 Å². The Labute approximate surface area is 126 Å². The molecular weight excluding hydrogens is 288 g/mol. The Bertz CT molecular complexity index is 632. The fraction of sp³-hybridized carbons (Fsp3) is 0.500. The third-order valence-electron chi connectivity index (χ3n) is 3.38. The minimum absolute atomic E-state index is 0.123. The summed E-state index contributed by atoms with van der Waals surface area (Å²) in [5.41, 5.74) is 0. The average Bonchev–Trinajstić information content (AvgIpc) is 3.06. The Morgan fingerprint density at radius 1 is 1.52 bits per heavy atom. The molecule has 2 heterocycles. The van der Waals surface area contributed by atoms with E-state index in [1.807, 2.05) is 13.1 Å². The van der Waals surface area contributed by atoms with E-state index in [1.165, 1.54) is 17.7 Å². The molecule has 3 rings (SSSR count). The summed E-state index contributed by atoms with van der Waals surface area (Å²) >= 11 is 1.69. The predicted octanol–water partition coefficient (Wildman–Crippen LogP) is 2.43. The normalized spacial score (nSPS) is 15.9. The van der Waals surface area contributed by atoms with Crippen LogP contribution in [0.5, 0.6) is 0 Å². The quantitative estimate of drug-likeness (QED) is 0.857. The molecule has 6 nitrogen and oxygen atoms in total. The third kappa shape index (κ3) is 3.68. The van der Waals surface area contributed by atoms with E-state index in [0.717, 1.165) is 5.01 Å². The highest BCUT2D eigenvalue weighted by Gasteiger charge is 2.34. The second-order valence-electron chi connectivity index (χ2n) is 5.38. The van der Waals surface area contributed by atoms with Gasteiger partial charge in [0.25, 0.3) is 0 Å². The van der Waals surface area contributed by atoms with Gasteiger partial charge in [-0.1, -0.05) is 5.16 Å². The minimum Gasteiger partial charge on any atom is -0.360 e. The number of hydrogen-bond donors (Lipinski definition) is 2. The van der Waals surface area contributed by atoms with Crippen LogP contribution in [0, 0.1) is 19.8 Å². The van der Waals surface area contributed by atoms with Gasteiger partial charge in [0.05, 0.1) is 12.6 Å². The second kappa shape index (κ2) is 5.95. The Morgan fingerprint density at radius 3 is 2.90 bits per heavy atom. The van der Waals surface area contributed by atoms with Gasteiger partial charge in [-0.05, 0) is 32.6 Å². The zero-order valence-electron chi connectivity index (χ0n) is 12.0. The summed E-state index contributed by atoms with van der Waals surface area (Å²) in [5, 5.41) is 10.8. The second-order valence-corrected chi connectivity index (χ2v) is 6.64. The van der Waals surface area contributed by atoms with Crippen LogP contribution in [-0.2, 0) is 4.79 Å². The van der Waals surface area contributed by atoms with Crippen LogP contribution in [0.1, 0.15) is 34.5 Å². The standard InChI is InChI=1S/C14H18N4O2S/c1-8-5-11(18-20-8)17-12(19)7-15-13(10-3-4-10)14-16-6-9(2)21-14/h5-6,10,13,15H,3-4,7H2,1-2H3,(H,17,18,19)/t13-/m1/s1. The van der Waals surface area contributed by atoms with Gasteiger partial charge in [0.1, 0.15) is 10.8 Å². The van der Waals surface area contributed by atoms with Gasteiger partial charge in [-0.3, -0.25) is 10.1 Å². The van der Waals surface area contributed by atoms with Gasteiger partial charge < -0.3 is 9.84 Å². The summed E-state index contributed by atoms with van der Waals surface area (Å²) in [6.07, 6.45) is 4.27. The first kappa shape index (κ1) is 14.2. The lowest BCUT2D eigenvalue weighted by Gasteiger charge is -2.15. The summed E-state index contributed by atoms with van der Waals surface area (Å²) in [5.74, 6) is 1.60. The molecular formula is C14H18N4O2S. The minimum atomic E-state index is -0.123. The van der Waals surface area contributed by atoms with E-state index in [0.29, 0.717) is 17.5 Å². The number of carbonyl (C=O) groups excluding carboxylic acids is 1. The van der Waals surface area contributed by atoms with E-state index in [2.05, 4.69) is 20.8 Å². The molecule has 0 radical (unpaired) electrons. The van der Waals surface area contributed by atoms with E-state index in [9.17, 15) is 4.79 Å². The summed E-state index contributed by atoms with van der Waals surface area (Å²) in [4.78, 5) is 17.6. The van der Waals surface area contributed by atoms with E-state index in [1.54, 1.807) is 24.3 Å².